The van der Waals surface area contributed by atoms with Crippen molar-refractivity contribution in [1.82, 2.24) is 5.32 Å². The van der Waals surface area contributed by atoms with Crippen LogP contribution in [0.3, 0.4) is 0 Å². The molecule has 0 aliphatic carbocycles. The highest BCUT2D eigenvalue weighted by atomic mass is 15.0. The summed E-state index contributed by atoms with van der Waals surface area (Å²) in [6.45, 7) is 9.50. The average molecular weight is 309 g/mol. The summed E-state index contributed by atoms with van der Waals surface area (Å²) in [5.74, 6) is 0.786. The molecule has 0 radical (unpaired) electrons. The van der Waals surface area contributed by atoms with Crippen LogP contribution in [-0.2, 0) is 0 Å². The Balaban J connectivity index is 2.21. The summed E-state index contributed by atoms with van der Waals surface area (Å²) in [7, 11) is 0. The lowest BCUT2D eigenvalue weighted by Crippen LogP contribution is -2.30. The zero-order chi connectivity index (χ0) is 16.7. The normalized spacial score (nSPS) is 17.7. The minimum atomic E-state index is 0.371. The Hall–Kier alpha value is -2.00. The second kappa shape index (κ2) is 8.59. The van der Waals surface area contributed by atoms with Gasteiger partial charge in [0.15, 0.2) is 5.82 Å². The van der Waals surface area contributed by atoms with Crippen LogP contribution in [0.25, 0.3) is 0 Å². The van der Waals surface area contributed by atoms with E-state index in [1.54, 1.807) is 0 Å². The maximum atomic E-state index is 4.68. The SMILES string of the molecule is CC=C(/C=C1/N=CC(c2cccc(C)c2)=N1)C(CCC)NCC. The summed E-state index contributed by atoms with van der Waals surface area (Å²) in [6.07, 6.45) is 8.39. The highest BCUT2D eigenvalue weighted by Gasteiger charge is 2.13. The third kappa shape index (κ3) is 4.73. The first-order chi connectivity index (χ1) is 11.2. The molecular weight excluding hydrogens is 282 g/mol. The molecule has 122 valence electrons. The van der Waals surface area contributed by atoms with Crippen LogP contribution in [-0.4, -0.2) is 24.5 Å². The van der Waals surface area contributed by atoms with E-state index in [4.69, 9.17) is 0 Å². The number of aliphatic imine (C=N–C) groups is 2. The number of allylic oxidation sites excluding steroid dienone is 1. The predicted octanol–water partition coefficient (Wildman–Crippen LogP) is 4.43. The molecule has 1 aliphatic heterocycles. The minimum Gasteiger partial charge on any atom is -0.310 e. The zero-order valence-electron chi connectivity index (χ0n) is 14.6. The molecule has 1 heterocycles. The molecular formula is C20H27N3. The Morgan fingerprint density at radius 2 is 2.13 bits per heavy atom. The van der Waals surface area contributed by atoms with Crippen molar-refractivity contribution in [3.63, 3.8) is 0 Å². The number of rotatable bonds is 7. The summed E-state index contributed by atoms with van der Waals surface area (Å²) in [6, 6.07) is 8.74. The molecule has 1 aromatic rings. The van der Waals surface area contributed by atoms with Gasteiger partial charge in [-0.3, -0.25) is 0 Å². The maximum Gasteiger partial charge on any atom is 0.152 e. The van der Waals surface area contributed by atoms with Crippen LogP contribution < -0.4 is 5.32 Å². The van der Waals surface area contributed by atoms with Crippen LogP contribution in [0.4, 0.5) is 0 Å². The summed E-state index contributed by atoms with van der Waals surface area (Å²) < 4.78 is 0. The van der Waals surface area contributed by atoms with Gasteiger partial charge in [0, 0.05) is 11.6 Å². The number of hydrogen-bond donors (Lipinski definition) is 1. The zero-order valence-corrected chi connectivity index (χ0v) is 14.6. The van der Waals surface area contributed by atoms with Crippen molar-refractivity contribution in [2.45, 2.75) is 46.6 Å². The van der Waals surface area contributed by atoms with Crippen molar-refractivity contribution in [1.29, 1.82) is 0 Å². The van der Waals surface area contributed by atoms with E-state index in [0.717, 1.165) is 36.5 Å². The lowest BCUT2D eigenvalue weighted by molar-refractivity contribution is 0.551. The fourth-order valence-electron chi connectivity index (χ4n) is 2.78. The van der Waals surface area contributed by atoms with Gasteiger partial charge < -0.3 is 5.32 Å². The predicted molar refractivity (Wildman–Crippen MR) is 100 cm³/mol. The highest BCUT2D eigenvalue weighted by molar-refractivity contribution is 6.39. The van der Waals surface area contributed by atoms with E-state index in [-0.39, 0.29) is 0 Å². The van der Waals surface area contributed by atoms with Crippen LogP contribution in [0.5, 0.6) is 0 Å². The van der Waals surface area contributed by atoms with E-state index < -0.39 is 0 Å². The third-order valence-electron chi connectivity index (χ3n) is 3.93. The third-order valence-corrected chi connectivity index (χ3v) is 3.93. The van der Waals surface area contributed by atoms with Gasteiger partial charge in [-0.1, -0.05) is 50.1 Å². The fourth-order valence-corrected chi connectivity index (χ4v) is 2.78. The molecule has 1 atom stereocenters. The van der Waals surface area contributed by atoms with Crippen molar-refractivity contribution >= 4 is 11.9 Å². The smallest absolute Gasteiger partial charge is 0.152 e. The standard InChI is InChI=1S/C20H27N3/c1-5-9-18(21-7-3)16(6-2)13-20-22-14-19(23-20)17-11-8-10-15(4)12-17/h6,8,10-14,18,21H,5,7,9H2,1-4H3/b16-6?,20-13-. The van der Waals surface area contributed by atoms with E-state index in [1.807, 2.05) is 6.21 Å². The second-order valence-electron chi connectivity index (χ2n) is 5.81. The Morgan fingerprint density at radius 3 is 2.78 bits per heavy atom. The van der Waals surface area contributed by atoms with Crippen LogP contribution >= 0.6 is 0 Å². The number of nitrogens with one attached hydrogen (secondary N) is 1. The first-order valence-corrected chi connectivity index (χ1v) is 8.49. The van der Waals surface area contributed by atoms with Crippen LogP contribution in [0.15, 0.2) is 57.8 Å². The summed E-state index contributed by atoms with van der Waals surface area (Å²) in [5, 5.41) is 3.55. The Labute approximate surface area is 139 Å². The Bertz CT molecular complexity index is 645. The van der Waals surface area contributed by atoms with Crippen molar-refractivity contribution in [3.8, 4) is 0 Å². The van der Waals surface area contributed by atoms with Gasteiger partial charge in [0.05, 0.1) is 11.9 Å². The number of nitrogens with zero attached hydrogens (tertiary/aromatic N) is 2. The molecule has 0 saturated heterocycles. The lowest BCUT2D eigenvalue weighted by Gasteiger charge is -2.18. The van der Waals surface area contributed by atoms with Crippen molar-refractivity contribution in [2.75, 3.05) is 6.54 Å². The quantitative estimate of drug-likeness (QED) is 0.794. The van der Waals surface area contributed by atoms with Gasteiger partial charge in [0.2, 0.25) is 0 Å². The summed E-state index contributed by atoms with van der Waals surface area (Å²) >= 11 is 0. The second-order valence-corrected chi connectivity index (χ2v) is 5.81. The number of likely N-dealkylation sites (N-methyl/N-ethyl adjacent to an activating group) is 1. The average Bonchev–Trinajstić information content (AvgIpc) is 3.01. The minimum absolute atomic E-state index is 0.371. The van der Waals surface area contributed by atoms with E-state index in [1.165, 1.54) is 11.1 Å². The monoisotopic (exact) mass is 309 g/mol. The van der Waals surface area contributed by atoms with Crippen molar-refractivity contribution in [3.05, 3.63) is 58.9 Å². The van der Waals surface area contributed by atoms with Crippen LogP contribution in [0.1, 0.15) is 44.7 Å². The molecule has 0 bridgehead atoms. The van der Waals surface area contributed by atoms with Crippen LogP contribution in [0.2, 0.25) is 0 Å². The summed E-state index contributed by atoms with van der Waals surface area (Å²) in [4.78, 5) is 9.15. The van der Waals surface area contributed by atoms with Gasteiger partial charge in [-0.05, 0) is 44.5 Å². The first kappa shape index (κ1) is 17.4. The molecule has 3 heteroatoms. The summed E-state index contributed by atoms with van der Waals surface area (Å²) in [5.41, 5.74) is 4.55. The molecule has 2 rings (SSSR count). The van der Waals surface area contributed by atoms with E-state index in [9.17, 15) is 0 Å². The molecule has 0 amide bonds. The maximum absolute atomic E-state index is 4.68. The van der Waals surface area contributed by atoms with Gasteiger partial charge in [-0.15, -0.1) is 0 Å². The Morgan fingerprint density at radius 1 is 1.30 bits per heavy atom. The van der Waals surface area contributed by atoms with Crippen molar-refractivity contribution in [2.24, 2.45) is 9.98 Å². The van der Waals surface area contributed by atoms with Gasteiger partial charge in [0.1, 0.15) is 0 Å². The number of hydrogen-bond acceptors (Lipinski definition) is 3. The van der Waals surface area contributed by atoms with E-state index in [0.29, 0.717) is 6.04 Å². The fraction of sp³-hybridized carbons (Fsp3) is 0.400. The topological polar surface area (TPSA) is 36.8 Å². The van der Waals surface area contributed by atoms with Gasteiger partial charge in [-0.25, -0.2) is 9.98 Å². The van der Waals surface area contributed by atoms with E-state index >= 15 is 0 Å². The van der Waals surface area contributed by atoms with Crippen molar-refractivity contribution < 1.29 is 0 Å². The molecule has 1 aliphatic rings. The number of benzene rings is 1. The lowest BCUT2D eigenvalue weighted by atomic mass is 10.0. The molecule has 0 spiro atoms. The van der Waals surface area contributed by atoms with Gasteiger partial charge in [0.25, 0.3) is 0 Å². The molecule has 1 unspecified atom stereocenters. The molecule has 1 N–H and O–H groups in total. The molecule has 0 saturated carbocycles. The Kier molecular flexibility index (Phi) is 6.48. The molecule has 23 heavy (non-hydrogen) atoms. The van der Waals surface area contributed by atoms with Crippen LogP contribution in [0, 0.1) is 6.92 Å². The molecule has 1 aromatic carbocycles. The largest absolute Gasteiger partial charge is 0.310 e. The highest BCUT2D eigenvalue weighted by Crippen LogP contribution is 2.18. The number of aryl methyl sites for hydroxylation is 1. The van der Waals surface area contributed by atoms with E-state index in [2.05, 4.69) is 79.4 Å². The molecule has 3 nitrogen and oxygen atoms in total. The molecule has 0 fully saturated rings. The van der Waals surface area contributed by atoms with Gasteiger partial charge >= 0.3 is 0 Å². The molecule has 0 aromatic heterocycles. The first-order valence-electron chi connectivity index (χ1n) is 8.49. The van der Waals surface area contributed by atoms with Gasteiger partial charge in [-0.2, -0.15) is 0 Å².